The number of non-ortho nitro benzene ring substituents is 1. The first-order chi connectivity index (χ1) is 7.97. The summed E-state index contributed by atoms with van der Waals surface area (Å²) in [4.78, 5) is 20.9. The maximum Gasteiger partial charge on any atom is 0.314 e. The number of carboxylic acid groups (broad SMARTS) is 1. The molecular formula is C11H10FNO4. The van der Waals surface area contributed by atoms with Gasteiger partial charge in [0.2, 0.25) is 0 Å². The molecule has 17 heavy (non-hydrogen) atoms. The molecule has 1 fully saturated rings. The van der Waals surface area contributed by atoms with Gasteiger partial charge in [0.15, 0.2) is 0 Å². The number of carboxylic acids is 1. The van der Waals surface area contributed by atoms with E-state index >= 15 is 0 Å². The Labute approximate surface area is 96.0 Å². The predicted molar refractivity (Wildman–Crippen MR) is 56.2 cm³/mol. The van der Waals surface area contributed by atoms with Crippen molar-refractivity contribution in [3.05, 3.63) is 39.7 Å². The molecule has 1 N–H and O–H groups in total. The number of benzene rings is 1. The van der Waals surface area contributed by atoms with Gasteiger partial charge in [0.05, 0.1) is 16.4 Å². The van der Waals surface area contributed by atoms with Gasteiger partial charge in [0.1, 0.15) is 5.82 Å². The molecule has 0 bridgehead atoms. The number of carbonyl (C=O) groups is 1. The number of halogens is 1. The maximum atomic E-state index is 13.7. The summed E-state index contributed by atoms with van der Waals surface area (Å²) >= 11 is 0. The minimum atomic E-state index is -1.20. The minimum absolute atomic E-state index is 0.0434. The molecule has 6 heteroatoms. The van der Waals surface area contributed by atoms with E-state index in [1.807, 2.05) is 0 Å². The molecule has 1 aliphatic carbocycles. The fourth-order valence-corrected chi connectivity index (χ4v) is 2.13. The molecular weight excluding hydrogens is 229 g/mol. The smallest absolute Gasteiger partial charge is 0.314 e. The monoisotopic (exact) mass is 239 g/mol. The molecule has 1 aromatic carbocycles. The van der Waals surface area contributed by atoms with Gasteiger partial charge in [-0.25, -0.2) is 4.39 Å². The van der Waals surface area contributed by atoms with E-state index in [9.17, 15) is 19.3 Å². The van der Waals surface area contributed by atoms with Crippen molar-refractivity contribution >= 4 is 11.7 Å². The Hall–Kier alpha value is -1.98. The van der Waals surface area contributed by atoms with Crippen LogP contribution in [-0.4, -0.2) is 16.0 Å². The molecule has 1 aliphatic rings. The summed E-state index contributed by atoms with van der Waals surface area (Å²) in [7, 11) is 0. The second-order valence-corrected chi connectivity index (χ2v) is 4.16. The van der Waals surface area contributed by atoms with E-state index in [1.165, 1.54) is 6.07 Å². The normalized spacial score (nSPS) is 17.2. The summed E-state index contributed by atoms with van der Waals surface area (Å²) in [6, 6.07) is 3.13. The average Bonchev–Trinajstić information content (AvgIpc) is 2.17. The SMILES string of the molecule is O=C(O)C1(c2ccc([N+](=O)[O-])cc2F)CCC1. The van der Waals surface area contributed by atoms with Gasteiger partial charge in [0.25, 0.3) is 5.69 Å². The Kier molecular flexibility index (Phi) is 2.57. The van der Waals surface area contributed by atoms with Gasteiger partial charge in [0, 0.05) is 11.6 Å². The Morgan fingerprint density at radius 1 is 1.47 bits per heavy atom. The lowest BCUT2D eigenvalue weighted by Crippen LogP contribution is -2.43. The summed E-state index contributed by atoms with van der Waals surface area (Å²) in [5, 5.41) is 19.6. The largest absolute Gasteiger partial charge is 0.481 e. The zero-order valence-electron chi connectivity index (χ0n) is 8.85. The van der Waals surface area contributed by atoms with Crippen molar-refractivity contribution in [2.75, 3.05) is 0 Å². The number of aliphatic carboxylic acids is 1. The van der Waals surface area contributed by atoms with E-state index in [0.29, 0.717) is 12.8 Å². The van der Waals surface area contributed by atoms with Gasteiger partial charge in [-0.05, 0) is 18.9 Å². The van der Waals surface area contributed by atoms with Crippen molar-refractivity contribution in [2.24, 2.45) is 0 Å². The van der Waals surface area contributed by atoms with Gasteiger partial charge in [-0.3, -0.25) is 14.9 Å². The Balaban J connectivity index is 2.46. The Bertz CT molecular complexity index is 496. The topological polar surface area (TPSA) is 80.4 Å². The van der Waals surface area contributed by atoms with E-state index in [2.05, 4.69) is 0 Å². The molecule has 0 spiro atoms. The van der Waals surface area contributed by atoms with Crippen molar-refractivity contribution in [1.82, 2.24) is 0 Å². The summed E-state index contributed by atoms with van der Waals surface area (Å²) in [6.07, 6.45) is 1.47. The van der Waals surface area contributed by atoms with Crippen LogP contribution >= 0.6 is 0 Å². The van der Waals surface area contributed by atoms with Crippen LogP contribution in [0.4, 0.5) is 10.1 Å². The number of hydrogen-bond acceptors (Lipinski definition) is 3. The number of nitrogens with zero attached hydrogens (tertiary/aromatic N) is 1. The molecule has 90 valence electrons. The lowest BCUT2D eigenvalue weighted by atomic mass is 9.64. The zero-order chi connectivity index (χ0) is 12.6. The number of rotatable bonds is 3. The van der Waals surface area contributed by atoms with Crippen LogP contribution in [-0.2, 0) is 10.2 Å². The lowest BCUT2D eigenvalue weighted by Gasteiger charge is -2.38. The molecule has 0 radical (unpaired) electrons. The molecule has 0 atom stereocenters. The summed E-state index contributed by atoms with van der Waals surface area (Å²) in [6.45, 7) is 0. The molecule has 0 aromatic heterocycles. The van der Waals surface area contributed by atoms with Gasteiger partial charge < -0.3 is 5.11 Å². The second kappa shape index (κ2) is 3.80. The van der Waals surface area contributed by atoms with Crippen molar-refractivity contribution < 1.29 is 19.2 Å². The van der Waals surface area contributed by atoms with Crippen molar-refractivity contribution in [3.63, 3.8) is 0 Å². The van der Waals surface area contributed by atoms with Crippen LogP contribution in [0.5, 0.6) is 0 Å². The van der Waals surface area contributed by atoms with Crippen molar-refractivity contribution in [1.29, 1.82) is 0 Å². The third-order valence-corrected chi connectivity index (χ3v) is 3.30. The average molecular weight is 239 g/mol. The van der Waals surface area contributed by atoms with E-state index in [4.69, 9.17) is 5.11 Å². The molecule has 1 saturated carbocycles. The molecule has 0 saturated heterocycles. The maximum absolute atomic E-state index is 13.7. The fourth-order valence-electron chi connectivity index (χ4n) is 2.13. The van der Waals surface area contributed by atoms with Crippen LogP contribution in [0.15, 0.2) is 18.2 Å². The Morgan fingerprint density at radius 2 is 2.12 bits per heavy atom. The highest BCUT2D eigenvalue weighted by molar-refractivity contribution is 5.82. The van der Waals surface area contributed by atoms with Crippen LogP contribution < -0.4 is 0 Å². The quantitative estimate of drug-likeness (QED) is 0.647. The predicted octanol–water partition coefficient (Wildman–Crippen LogP) is 2.24. The summed E-state index contributed by atoms with van der Waals surface area (Å²) in [5.74, 6) is -1.89. The summed E-state index contributed by atoms with van der Waals surface area (Å²) < 4.78 is 13.7. The lowest BCUT2D eigenvalue weighted by molar-refractivity contribution is -0.385. The van der Waals surface area contributed by atoms with Crippen LogP contribution in [0, 0.1) is 15.9 Å². The zero-order valence-corrected chi connectivity index (χ0v) is 8.85. The summed E-state index contributed by atoms with van der Waals surface area (Å²) in [5.41, 5.74) is -1.52. The van der Waals surface area contributed by atoms with Gasteiger partial charge >= 0.3 is 5.97 Å². The first-order valence-corrected chi connectivity index (χ1v) is 5.15. The van der Waals surface area contributed by atoms with Crippen LogP contribution in [0.1, 0.15) is 24.8 Å². The van der Waals surface area contributed by atoms with Crippen LogP contribution in [0.2, 0.25) is 0 Å². The van der Waals surface area contributed by atoms with Crippen molar-refractivity contribution in [3.8, 4) is 0 Å². The highest BCUT2D eigenvalue weighted by atomic mass is 19.1. The second-order valence-electron chi connectivity index (χ2n) is 4.16. The van der Waals surface area contributed by atoms with Gasteiger partial charge in [-0.2, -0.15) is 0 Å². The molecule has 2 rings (SSSR count). The first-order valence-electron chi connectivity index (χ1n) is 5.15. The van der Waals surface area contributed by atoms with Gasteiger partial charge in [-0.15, -0.1) is 0 Å². The molecule has 0 amide bonds. The minimum Gasteiger partial charge on any atom is -0.481 e. The first kappa shape index (κ1) is 11.5. The molecule has 0 heterocycles. The fraction of sp³-hybridized carbons (Fsp3) is 0.364. The molecule has 1 aromatic rings. The van der Waals surface area contributed by atoms with Crippen molar-refractivity contribution in [2.45, 2.75) is 24.7 Å². The number of hydrogen-bond donors (Lipinski definition) is 1. The third kappa shape index (κ3) is 1.65. The van der Waals surface area contributed by atoms with Crippen LogP contribution in [0.3, 0.4) is 0 Å². The molecule has 0 unspecified atom stereocenters. The number of nitro benzene ring substituents is 1. The van der Waals surface area contributed by atoms with E-state index in [-0.39, 0.29) is 11.3 Å². The number of nitro groups is 1. The van der Waals surface area contributed by atoms with Crippen LogP contribution in [0.25, 0.3) is 0 Å². The molecule has 5 nitrogen and oxygen atoms in total. The highest BCUT2D eigenvalue weighted by Gasteiger charge is 2.47. The van der Waals surface area contributed by atoms with E-state index in [0.717, 1.165) is 18.6 Å². The standard InChI is InChI=1S/C11H10FNO4/c12-9-6-7(13(16)17)2-3-8(9)11(10(14)15)4-1-5-11/h2-3,6H,1,4-5H2,(H,14,15). The van der Waals surface area contributed by atoms with E-state index in [1.54, 1.807) is 0 Å². The van der Waals surface area contributed by atoms with Gasteiger partial charge in [-0.1, -0.05) is 6.42 Å². The third-order valence-electron chi connectivity index (χ3n) is 3.30. The highest BCUT2D eigenvalue weighted by Crippen LogP contribution is 2.45. The van der Waals surface area contributed by atoms with E-state index < -0.39 is 22.1 Å². The Morgan fingerprint density at radius 3 is 2.47 bits per heavy atom. The molecule has 0 aliphatic heterocycles.